The number of carbonyl (C=O) groups excluding carboxylic acids is 2. The molecule has 0 radical (unpaired) electrons. The number of nitrogens with one attached hydrogen (secondary N) is 1. The minimum Gasteiger partial charge on any atom is -0.385 e. The quantitative estimate of drug-likeness (QED) is 0.627. The molecule has 1 aromatic rings. The first-order valence-electron chi connectivity index (χ1n) is 10.7. The van der Waals surface area contributed by atoms with Crippen molar-refractivity contribution in [1.82, 2.24) is 20.0 Å². The Balaban J connectivity index is 1.54. The molecule has 1 atom stereocenters. The van der Waals surface area contributed by atoms with Gasteiger partial charge in [-0.2, -0.15) is 0 Å². The van der Waals surface area contributed by atoms with Gasteiger partial charge in [0.05, 0.1) is 6.54 Å². The van der Waals surface area contributed by atoms with Crippen LogP contribution in [0.1, 0.15) is 30.9 Å². The summed E-state index contributed by atoms with van der Waals surface area (Å²) < 4.78 is 5.00. The van der Waals surface area contributed by atoms with Gasteiger partial charge in [0.1, 0.15) is 6.04 Å². The van der Waals surface area contributed by atoms with E-state index < -0.39 is 0 Å². The summed E-state index contributed by atoms with van der Waals surface area (Å²) in [6.07, 6.45) is 3.02. The predicted octanol–water partition coefficient (Wildman–Crippen LogP) is 1.12. The largest absolute Gasteiger partial charge is 0.385 e. The zero-order valence-electron chi connectivity index (χ0n) is 17.5. The fourth-order valence-electron chi connectivity index (χ4n) is 4.14. The van der Waals surface area contributed by atoms with Gasteiger partial charge >= 0.3 is 0 Å². The number of benzene rings is 1. The lowest BCUT2D eigenvalue weighted by atomic mass is 10.0. The number of piperazine rings is 1. The van der Waals surface area contributed by atoms with Gasteiger partial charge in [0.15, 0.2) is 0 Å². The first-order chi connectivity index (χ1) is 14.2. The third kappa shape index (κ3) is 6.26. The number of hydrogen-bond donors (Lipinski definition) is 1. The van der Waals surface area contributed by atoms with E-state index in [1.54, 1.807) is 7.11 Å². The van der Waals surface area contributed by atoms with Crippen LogP contribution in [-0.2, 0) is 14.3 Å². The second-order valence-electron chi connectivity index (χ2n) is 7.85. The van der Waals surface area contributed by atoms with Crippen molar-refractivity contribution in [3.63, 3.8) is 0 Å². The van der Waals surface area contributed by atoms with E-state index in [2.05, 4.69) is 27.2 Å². The number of methoxy groups -OCH3 is 1. The molecule has 3 rings (SSSR count). The van der Waals surface area contributed by atoms with Crippen LogP contribution in [0.25, 0.3) is 0 Å². The minimum absolute atomic E-state index is 0.0577. The van der Waals surface area contributed by atoms with Crippen LogP contribution in [0.2, 0.25) is 0 Å². The Morgan fingerprint density at radius 2 is 1.72 bits per heavy atom. The summed E-state index contributed by atoms with van der Waals surface area (Å²) in [6.45, 7) is 6.61. The average Bonchev–Trinajstić information content (AvgIpc) is 3.28. The summed E-state index contributed by atoms with van der Waals surface area (Å²) in [6, 6.07) is 9.88. The first-order valence-corrected chi connectivity index (χ1v) is 10.7. The highest BCUT2D eigenvalue weighted by atomic mass is 16.5. The summed E-state index contributed by atoms with van der Waals surface area (Å²) in [4.78, 5) is 31.9. The Morgan fingerprint density at radius 1 is 1.03 bits per heavy atom. The standard InChI is InChI=1S/C22H34N4O3/c1-29-17-7-10-23-20(27)18-24-13-15-25(16-14-24)21(19-8-3-2-4-9-19)22(28)26-11-5-6-12-26/h2-4,8-9,21H,5-7,10-18H2,1H3,(H,23,27). The van der Waals surface area contributed by atoms with Gasteiger partial charge < -0.3 is 15.0 Å². The molecule has 0 saturated carbocycles. The summed E-state index contributed by atoms with van der Waals surface area (Å²) in [5, 5.41) is 2.94. The molecule has 1 unspecified atom stereocenters. The second kappa shape index (κ2) is 11.3. The van der Waals surface area contributed by atoms with Crippen LogP contribution in [0.3, 0.4) is 0 Å². The van der Waals surface area contributed by atoms with E-state index in [0.717, 1.165) is 64.1 Å². The Hall–Kier alpha value is -1.96. The fourth-order valence-corrected chi connectivity index (χ4v) is 4.14. The Labute approximate surface area is 174 Å². The van der Waals surface area contributed by atoms with E-state index in [9.17, 15) is 9.59 Å². The molecule has 29 heavy (non-hydrogen) atoms. The third-order valence-electron chi connectivity index (χ3n) is 5.75. The fraction of sp³-hybridized carbons (Fsp3) is 0.636. The molecular weight excluding hydrogens is 368 g/mol. The number of likely N-dealkylation sites (tertiary alicyclic amines) is 1. The predicted molar refractivity (Wildman–Crippen MR) is 113 cm³/mol. The van der Waals surface area contributed by atoms with Crippen LogP contribution < -0.4 is 5.32 Å². The van der Waals surface area contributed by atoms with Gasteiger partial charge in [0, 0.05) is 59.5 Å². The normalized spacial score (nSPS) is 19.3. The first kappa shape index (κ1) is 21.7. The van der Waals surface area contributed by atoms with Crippen molar-refractivity contribution in [3.8, 4) is 0 Å². The van der Waals surface area contributed by atoms with Crippen molar-refractivity contribution in [2.24, 2.45) is 0 Å². The number of rotatable bonds is 9. The molecule has 1 aromatic carbocycles. The average molecular weight is 403 g/mol. The maximum absolute atomic E-state index is 13.3. The third-order valence-corrected chi connectivity index (χ3v) is 5.75. The zero-order valence-corrected chi connectivity index (χ0v) is 17.5. The molecule has 7 nitrogen and oxygen atoms in total. The molecule has 2 aliphatic rings. The molecule has 1 N–H and O–H groups in total. The number of amides is 2. The maximum Gasteiger partial charge on any atom is 0.244 e. The van der Waals surface area contributed by atoms with Crippen molar-refractivity contribution in [3.05, 3.63) is 35.9 Å². The van der Waals surface area contributed by atoms with Crippen LogP contribution in [0.4, 0.5) is 0 Å². The summed E-state index contributed by atoms with van der Waals surface area (Å²) in [5.74, 6) is 0.278. The van der Waals surface area contributed by atoms with Crippen LogP contribution >= 0.6 is 0 Å². The van der Waals surface area contributed by atoms with Gasteiger partial charge in [-0.1, -0.05) is 30.3 Å². The van der Waals surface area contributed by atoms with Crippen molar-refractivity contribution < 1.29 is 14.3 Å². The lowest BCUT2D eigenvalue weighted by Gasteiger charge is -2.39. The molecule has 160 valence electrons. The smallest absolute Gasteiger partial charge is 0.244 e. The summed E-state index contributed by atoms with van der Waals surface area (Å²) in [5.41, 5.74) is 1.06. The monoisotopic (exact) mass is 402 g/mol. The van der Waals surface area contributed by atoms with Crippen LogP contribution in [0.5, 0.6) is 0 Å². The Morgan fingerprint density at radius 3 is 2.38 bits per heavy atom. The lowest BCUT2D eigenvalue weighted by Crippen LogP contribution is -2.53. The van der Waals surface area contributed by atoms with E-state index in [-0.39, 0.29) is 17.9 Å². The van der Waals surface area contributed by atoms with Gasteiger partial charge in [-0.3, -0.25) is 19.4 Å². The highest BCUT2D eigenvalue weighted by molar-refractivity contribution is 5.83. The number of nitrogens with zero attached hydrogens (tertiary/aromatic N) is 3. The number of carbonyl (C=O) groups is 2. The van der Waals surface area contributed by atoms with E-state index in [0.29, 0.717) is 19.7 Å². The molecule has 0 bridgehead atoms. The second-order valence-corrected chi connectivity index (χ2v) is 7.85. The Kier molecular flexibility index (Phi) is 8.46. The molecule has 2 saturated heterocycles. The van der Waals surface area contributed by atoms with Crippen molar-refractivity contribution >= 4 is 11.8 Å². The van der Waals surface area contributed by atoms with Crippen molar-refractivity contribution in [2.45, 2.75) is 25.3 Å². The SMILES string of the molecule is COCCCNC(=O)CN1CCN(C(C(=O)N2CCCC2)c2ccccc2)CC1. The van der Waals surface area contributed by atoms with Crippen molar-refractivity contribution in [2.75, 3.05) is 66.1 Å². The molecule has 0 aliphatic carbocycles. The highest BCUT2D eigenvalue weighted by Crippen LogP contribution is 2.26. The summed E-state index contributed by atoms with van der Waals surface area (Å²) >= 11 is 0. The maximum atomic E-state index is 13.3. The summed E-state index contributed by atoms with van der Waals surface area (Å²) in [7, 11) is 1.67. The molecule has 2 fully saturated rings. The molecule has 2 aliphatic heterocycles. The number of hydrogen-bond acceptors (Lipinski definition) is 5. The molecule has 2 amide bonds. The highest BCUT2D eigenvalue weighted by Gasteiger charge is 2.34. The molecule has 0 aromatic heterocycles. The van der Waals surface area contributed by atoms with E-state index in [1.807, 2.05) is 23.1 Å². The van der Waals surface area contributed by atoms with Crippen LogP contribution in [0, 0.1) is 0 Å². The molecule has 7 heteroatoms. The van der Waals surface area contributed by atoms with Gasteiger partial charge in [-0.15, -0.1) is 0 Å². The van der Waals surface area contributed by atoms with E-state index in [1.165, 1.54) is 0 Å². The van der Waals surface area contributed by atoms with Gasteiger partial charge in [0.25, 0.3) is 0 Å². The minimum atomic E-state index is -0.223. The molecule has 0 spiro atoms. The van der Waals surface area contributed by atoms with Crippen molar-refractivity contribution in [1.29, 1.82) is 0 Å². The topological polar surface area (TPSA) is 65.1 Å². The molecule has 2 heterocycles. The van der Waals surface area contributed by atoms with Crippen LogP contribution in [-0.4, -0.2) is 92.6 Å². The molecular formula is C22H34N4O3. The van der Waals surface area contributed by atoms with E-state index in [4.69, 9.17) is 4.74 Å². The van der Waals surface area contributed by atoms with Gasteiger partial charge in [-0.05, 0) is 24.8 Å². The van der Waals surface area contributed by atoms with E-state index >= 15 is 0 Å². The Bertz CT molecular complexity index is 641. The van der Waals surface area contributed by atoms with Gasteiger partial charge in [0.2, 0.25) is 11.8 Å². The lowest BCUT2D eigenvalue weighted by molar-refractivity contribution is -0.137. The zero-order chi connectivity index (χ0) is 20.5. The number of ether oxygens (including phenoxy) is 1. The van der Waals surface area contributed by atoms with Crippen LogP contribution in [0.15, 0.2) is 30.3 Å². The van der Waals surface area contributed by atoms with Gasteiger partial charge in [-0.25, -0.2) is 0 Å².